The fourth-order valence-corrected chi connectivity index (χ4v) is 2.30. The van der Waals surface area contributed by atoms with Crippen LogP contribution in [0.15, 0.2) is 66.7 Å². The molecule has 0 aromatic heterocycles. The molecule has 2 amide bonds. The summed E-state index contributed by atoms with van der Waals surface area (Å²) in [5, 5.41) is 20.7. The van der Waals surface area contributed by atoms with Gasteiger partial charge in [-0.25, -0.2) is 10.3 Å². The van der Waals surface area contributed by atoms with E-state index in [1.165, 1.54) is 30.8 Å². The van der Waals surface area contributed by atoms with Crippen molar-refractivity contribution >= 4 is 17.7 Å². The summed E-state index contributed by atoms with van der Waals surface area (Å²) in [5.41, 5.74) is 2.56. The van der Waals surface area contributed by atoms with Gasteiger partial charge in [-0.15, -0.1) is 0 Å². The first-order valence-electron chi connectivity index (χ1n) is 8.00. The maximum absolute atomic E-state index is 12.3. The number of ether oxygens (including phenoxy) is 2. The Morgan fingerprint density at radius 2 is 1.74 bits per heavy atom. The first kappa shape index (κ1) is 20.0. The Morgan fingerprint density at radius 3 is 2.33 bits per heavy atom. The van der Waals surface area contributed by atoms with Gasteiger partial charge in [0.25, 0.3) is 5.91 Å². The first-order valence-corrected chi connectivity index (χ1v) is 8.00. The monoisotopic (exact) mass is 372 g/mol. The molecular weight excluding hydrogens is 352 g/mol. The van der Waals surface area contributed by atoms with E-state index in [-0.39, 0.29) is 5.75 Å². The standard InChI is InChI=1S/C19H20N2O6/c1-26-16(11-12-17(23)21-25)18(13-7-9-15(22)10-8-13)27-19(24)20-14-5-3-2-4-6-14/h2-12,16,18,22,25H,1H3,(H,20,24)(H,21,23)/b12-11+/t16-,18-/m1/s1. The summed E-state index contributed by atoms with van der Waals surface area (Å²) in [7, 11) is 1.39. The number of hydroxylamine groups is 1. The highest BCUT2D eigenvalue weighted by Gasteiger charge is 2.26. The van der Waals surface area contributed by atoms with Crippen molar-refractivity contribution in [2.24, 2.45) is 0 Å². The summed E-state index contributed by atoms with van der Waals surface area (Å²) < 4.78 is 10.8. The zero-order valence-electron chi connectivity index (χ0n) is 14.5. The molecule has 2 atom stereocenters. The van der Waals surface area contributed by atoms with Gasteiger partial charge in [-0.3, -0.25) is 15.3 Å². The number of methoxy groups -OCH3 is 1. The SMILES string of the molecule is CO[C@H](/C=C/C(=O)NO)[C@H](OC(=O)Nc1ccccc1)c1ccc(O)cc1. The summed E-state index contributed by atoms with van der Waals surface area (Å²) >= 11 is 0. The first-order chi connectivity index (χ1) is 13.0. The molecule has 2 aromatic carbocycles. The van der Waals surface area contributed by atoms with Crippen LogP contribution in [0.1, 0.15) is 11.7 Å². The van der Waals surface area contributed by atoms with Gasteiger partial charge in [0.1, 0.15) is 11.9 Å². The number of amides is 2. The number of para-hydroxylation sites is 1. The van der Waals surface area contributed by atoms with Crippen LogP contribution in [0.2, 0.25) is 0 Å². The van der Waals surface area contributed by atoms with E-state index in [1.807, 2.05) is 6.07 Å². The molecule has 8 nitrogen and oxygen atoms in total. The Kier molecular flexibility index (Phi) is 7.36. The smallest absolute Gasteiger partial charge is 0.412 e. The summed E-state index contributed by atoms with van der Waals surface area (Å²) in [6.45, 7) is 0. The number of rotatable bonds is 7. The normalized spacial score (nSPS) is 13.0. The van der Waals surface area contributed by atoms with Crippen LogP contribution in [0.3, 0.4) is 0 Å². The molecule has 0 saturated heterocycles. The molecule has 0 aliphatic heterocycles. The van der Waals surface area contributed by atoms with Gasteiger partial charge in [-0.2, -0.15) is 0 Å². The minimum Gasteiger partial charge on any atom is -0.508 e. The van der Waals surface area contributed by atoms with Crippen LogP contribution in [0.4, 0.5) is 10.5 Å². The van der Waals surface area contributed by atoms with Crippen LogP contribution in [-0.2, 0) is 14.3 Å². The third-order valence-corrected chi connectivity index (χ3v) is 3.59. The Labute approximate surface area is 156 Å². The third kappa shape index (κ3) is 6.14. The largest absolute Gasteiger partial charge is 0.508 e. The molecule has 142 valence electrons. The fourth-order valence-electron chi connectivity index (χ4n) is 2.30. The van der Waals surface area contributed by atoms with Crippen LogP contribution >= 0.6 is 0 Å². The van der Waals surface area contributed by atoms with Gasteiger partial charge in [-0.05, 0) is 35.9 Å². The van der Waals surface area contributed by atoms with Crippen LogP contribution in [-0.4, -0.2) is 35.5 Å². The molecule has 0 fully saturated rings. The van der Waals surface area contributed by atoms with Gasteiger partial charge in [0.2, 0.25) is 0 Å². The lowest BCUT2D eigenvalue weighted by Gasteiger charge is -2.24. The highest BCUT2D eigenvalue weighted by atomic mass is 16.6. The van der Waals surface area contributed by atoms with E-state index in [0.29, 0.717) is 11.3 Å². The minimum atomic E-state index is -0.915. The van der Waals surface area contributed by atoms with Gasteiger partial charge < -0.3 is 14.6 Å². The van der Waals surface area contributed by atoms with Crippen molar-refractivity contribution in [1.29, 1.82) is 0 Å². The molecule has 4 N–H and O–H groups in total. The number of phenolic OH excluding ortho intramolecular Hbond substituents is 1. The summed E-state index contributed by atoms with van der Waals surface area (Å²) in [6, 6.07) is 14.8. The summed E-state index contributed by atoms with van der Waals surface area (Å²) in [4.78, 5) is 23.5. The molecule has 2 aromatic rings. The van der Waals surface area contributed by atoms with Gasteiger partial charge in [-0.1, -0.05) is 30.3 Å². The second-order valence-corrected chi connectivity index (χ2v) is 5.44. The number of hydrogen-bond acceptors (Lipinski definition) is 6. The van der Waals surface area contributed by atoms with Gasteiger partial charge >= 0.3 is 6.09 Å². The Hall–Kier alpha value is -3.36. The lowest BCUT2D eigenvalue weighted by molar-refractivity contribution is -0.124. The number of benzene rings is 2. The van der Waals surface area contributed by atoms with Gasteiger partial charge in [0, 0.05) is 18.9 Å². The number of carbonyl (C=O) groups excluding carboxylic acids is 2. The van der Waals surface area contributed by atoms with E-state index < -0.39 is 24.2 Å². The molecule has 0 radical (unpaired) electrons. The van der Waals surface area contributed by atoms with E-state index in [9.17, 15) is 14.7 Å². The van der Waals surface area contributed by atoms with Crippen molar-refractivity contribution in [3.8, 4) is 5.75 Å². The van der Waals surface area contributed by atoms with Gasteiger partial charge in [0.15, 0.2) is 6.10 Å². The quantitative estimate of drug-likeness (QED) is 0.337. The molecule has 27 heavy (non-hydrogen) atoms. The van der Waals surface area contributed by atoms with E-state index in [2.05, 4.69) is 5.32 Å². The van der Waals surface area contributed by atoms with Crippen molar-refractivity contribution in [3.63, 3.8) is 0 Å². The van der Waals surface area contributed by atoms with Crippen molar-refractivity contribution < 1.29 is 29.4 Å². The second-order valence-electron chi connectivity index (χ2n) is 5.44. The average molecular weight is 372 g/mol. The number of phenols is 1. The number of carbonyl (C=O) groups is 2. The fraction of sp³-hybridized carbons (Fsp3) is 0.158. The van der Waals surface area contributed by atoms with E-state index >= 15 is 0 Å². The number of anilines is 1. The number of nitrogens with one attached hydrogen (secondary N) is 2. The highest BCUT2D eigenvalue weighted by molar-refractivity contribution is 5.86. The molecule has 0 unspecified atom stereocenters. The maximum atomic E-state index is 12.3. The lowest BCUT2D eigenvalue weighted by atomic mass is 10.0. The number of hydrogen-bond donors (Lipinski definition) is 4. The molecular formula is C19H20N2O6. The topological polar surface area (TPSA) is 117 Å². The average Bonchev–Trinajstić information content (AvgIpc) is 2.68. The number of aromatic hydroxyl groups is 1. The summed E-state index contributed by atoms with van der Waals surface area (Å²) in [5.74, 6) is -0.703. The summed E-state index contributed by atoms with van der Waals surface area (Å²) in [6.07, 6.45) is -0.0596. The van der Waals surface area contributed by atoms with E-state index in [4.69, 9.17) is 14.7 Å². The van der Waals surface area contributed by atoms with Crippen LogP contribution < -0.4 is 10.8 Å². The molecule has 0 heterocycles. The predicted molar refractivity (Wildman–Crippen MR) is 97.3 cm³/mol. The zero-order valence-corrected chi connectivity index (χ0v) is 14.5. The molecule has 0 bridgehead atoms. The van der Waals surface area contributed by atoms with E-state index in [0.717, 1.165) is 6.08 Å². The van der Waals surface area contributed by atoms with Crippen LogP contribution in [0.5, 0.6) is 5.75 Å². The lowest BCUT2D eigenvalue weighted by Crippen LogP contribution is -2.27. The maximum Gasteiger partial charge on any atom is 0.412 e. The van der Waals surface area contributed by atoms with Crippen LogP contribution in [0, 0.1) is 0 Å². The van der Waals surface area contributed by atoms with Crippen LogP contribution in [0.25, 0.3) is 0 Å². The molecule has 0 aliphatic carbocycles. The Bertz CT molecular complexity index is 777. The highest BCUT2D eigenvalue weighted by Crippen LogP contribution is 2.26. The second kappa shape index (κ2) is 9.95. The van der Waals surface area contributed by atoms with Crippen molar-refractivity contribution in [2.75, 3.05) is 12.4 Å². The molecule has 2 rings (SSSR count). The molecule has 0 aliphatic rings. The molecule has 0 spiro atoms. The zero-order chi connectivity index (χ0) is 19.6. The molecule has 8 heteroatoms. The van der Waals surface area contributed by atoms with Gasteiger partial charge in [0.05, 0.1) is 0 Å². The minimum absolute atomic E-state index is 0.0513. The van der Waals surface area contributed by atoms with E-state index in [1.54, 1.807) is 36.4 Å². The Balaban J connectivity index is 2.22. The predicted octanol–water partition coefficient (Wildman–Crippen LogP) is 2.76. The molecule has 0 saturated carbocycles. The van der Waals surface area contributed by atoms with Crippen molar-refractivity contribution in [1.82, 2.24) is 5.48 Å². The van der Waals surface area contributed by atoms with Crippen molar-refractivity contribution in [2.45, 2.75) is 12.2 Å². The van der Waals surface area contributed by atoms with Crippen molar-refractivity contribution in [3.05, 3.63) is 72.3 Å². The third-order valence-electron chi connectivity index (χ3n) is 3.59. The Morgan fingerprint density at radius 1 is 1.07 bits per heavy atom.